The fourth-order valence-corrected chi connectivity index (χ4v) is 12.1. The summed E-state index contributed by atoms with van der Waals surface area (Å²) in [4.78, 5) is 22.1. The summed E-state index contributed by atoms with van der Waals surface area (Å²) in [7, 11) is 4.91. The number of allylic oxidation sites excluding steroid dienone is 3. The van der Waals surface area contributed by atoms with Crippen LogP contribution in [0.5, 0.6) is 69.0 Å². The van der Waals surface area contributed by atoms with Crippen LogP contribution < -0.4 is 121 Å². The van der Waals surface area contributed by atoms with Crippen molar-refractivity contribution in [2.45, 2.75) is 32.5 Å². The van der Waals surface area contributed by atoms with Gasteiger partial charge in [0.2, 0.25) is 17.2 Å². The number of phenols is 1. The molecule has 0 aliphatic heterocycles. The first-order chi connectivity index (χ1) is 45.5. The second-order valence-electron chi connectivity index (χ2n) is 21.1. The number of benzene rings is 8. The Morgan fingerprint density at radius 3 is 0.969 bits per heavy atom. The van der Waals surface area contributed by atoms with E-state index in [-0.39, 0.29) is 78.1 Å². The third kappa shape index (κ3) is 19.9. The van der Waals surface area contributed by atoms with Crippen molar-refractivity contribution >= 4 is 70.3 Å². The number of hydrogen-bond donors (Lipinski definition) is 1. The van der Waals surface area contributed by atoms with E-state index < -0.39 is 15.6 Å². The Labute approximate surface area is 604 Å². The molecule has 0 unspecified atom stereocenters. The van der Waals surface area contributed by atoms with Gasteiger partial charge in [-0.05, 0) is 135 Å². The Morgan fingerprint density at radius 1 is 0.375 bits per heavy atom. The number of ether oxygens (including phenoxy) is 9. The van der Waals surface area contributed by atoms with Crippen LogP contribution in [0.3, 0.4) is 0 Å². The summed E-state index contributed by atoms with van der Waals surface area (Å²) in [5.41, 5.74) is 12.2. The molecule has 0 bridgehead atoms. The third-order valence-corrected chi connectivity index (χ3v) is 16.7. The number of rotatable bonds is 25. The molecule has 22 heteroatoms. The van der Waals surface area contributed by atoms with Crippen LogP contribution in [-0.4, -0.2) is 69.1 Å². The maximum atomic E-state index is 14.1. The number of hydrogen-bond acceptors (Lipinski definition) is 18. The summed E-state index contributed by atoms with van der Waals surface area (Å²) in [5.74, 6) is 5.72. The molecule has 0 fully saturated rings. The SMILES string of the molecule is COc1cc(/C=C\c2cc(O)c3c(c2)CC=C3)cc(OC)c1OC.COc1cc(/C=C\c2cc3c(c(OP(=O)(OCc4ccccc4)OCc4ccccc4)c2)C=CC3)cc(OC)c1OC.COc1cc(/C=C\c2cc3c(c(OP(=O)([O-])[O-])c2)C=CC3)cc(OC)c1OC.[Na+].[Na+]. The van der Waals surface area contributed by atoms with Crippen LogP contribution in [0.25, 0.3) is 54.7 Å². The summed E-state index contributed by atoms with van der Waals surface area (Å²) >= 11 is 0. The Hall–Kier alpha value is -7.90. The van der Waals surface area contributed by atoms with Gasteiger partial charge in [-0.25, -0.2) is 4.57 Å². The van der Waals surface area contributed by atoms with E-state index in [2.05, 4.69) is 22.7 Å². The van der Waals surface area contributed by atoms with E-state index in [1.807, 2.05) is 152 Å². The van der Waals surface area contributed by atoms with E-state index in [0.717, 1.165) is 79.6 Å². The molecule has 3 aliphatic rings. The number of phosphoric acid groups is 2. The van der Waals surface area contributed by atoms with Crippen molar-refractivity contribution < 1.29 is 144 Å². The molecule has 0 aromatic heterocycles. The minimum Gasteiger partial charge on any atom is -0.780 e. The van der Waals surface area contributed by atoms with Crippen LogP contribution in [0.15, 0.2) is 152 Å². The summed E-state index contributed by atoms with van der Waals surface area (Å²) in [6, 6.07) is 41.3. The van der Waals surface area contributed by atoms with Crippen molar-refractivity contribution in [1.29, 1.82) is 0 Å². The maximum absolute atomic E-state index is 14.1. The Balaban J connectivity index is 0.000000211. The molecular formula is C74H72Na2O18P2. The van der Waals surface area contributed by atoms with Gasteiger partial charge < -0.3 is 71.1 Å². The molecule has 11 rings (SSSR count). The molecule has 0 heterocycles. The van der Waals surface area contributed by atoms with Gasteiger partial charge in [0.1, 0.15) is 25.1 Å². The van der Waals surface area contributed by atoms with Gasteiger partial charge in [-0.2, -0.15) is 0 Å². The molecule has 0 spiro atoms. The standard InChI is InChI=1S/C34H33O7P.C20H21O7P.C20H20O4.2Na/c1-36-32-21-28(22-33(37-2)34(32)38-3)18-17-27-19-29-15-10-16-30(29)31(20-27)41-42(35,39-23-25-11-6-4-7-12-25)40-24-26-13-8-5-9-14-26;1-24-18-11-14(12-19(25-2)20(18)26-3)8-7-13-9-15-5-4-6-16(15)17(10-13)27-28(21,22)23;1-22-18-11-14(12-19(23-2)20(18)24-3)8-7-13-9-15-5-4-6-16(15)17(21)10-13;;/h4-14,16-22H,15,23-24H2,1-3H3;4,6-12H,5H2,1-3H3,(H2,21,22,23);4,6-12,21H,5H2,1-3H3;;/q;;;2*+1/p-2/b18-17-;2*8-7-;;. The van der Waals surface area contributed by atoms with Crippen molar-refractivity contribution in [2.24, 2.45) is 0 Å². The Bertz CT molecular complexity index is 4150. The first kappa shape index (κ1) is 75.5. The van der Waals surface area contributed by atoms with Crippen LogP contribution in [0.4, 0.5) is 0 Å². The van der Waals surface area contributed by atoms with Crippen molar-refractivity contribution in [3.8, 4) is 69.0 Å². The van der Waals surface area contributed by atoms with Gasteiger partial charge in [-0.15, -0.1) is 0 Å². The number of methoxy groups -OCH3 is 9. The summed E-state index contributed by atoms with van der Waals surface area (Å²) in [5, 5.41) is 10.1. The van der Waals surface area contributed by atoms with E-state index in [1.54, 1.807) is 73.0 Å². The molecule has 96 heavy (non-hydrogen) atoms. The molecule has 0 saturated heterocycles. The zero-order chi connectivity index (χ0) is 66.8. The fraction of sp³-hybridized carbons (Fsp3) is 0.189. The summed E-state index contributed by atoms with van der Waals surface area (Å²) in [6.07, 6.45) is 25.3. The molecule has 18 nitrogen and oxygen atoms in total. The van der Waals surface area contributed by atoms with E-state index in [9.17, 15) is 24.0 Å². The quantitative estimate of drug-likeness (QED) is 0.0320. The molecule has 0 amide bonds. The van der Waals surface area contributed by atoms with Gasteiger partial charge in [0.25, 0.3) is 0 Å². The second-order valence-corrected chi connectivity index (χ2v) is 23.8. The fourth-order valence-electron chi connectivity index (χ4n) is 10.5. The third-order valence-electron chi connectivity index (χ3n) is 15.0. The molecule has 0 radical (unpaired) electrons. The summed E-state index contributed by atoms with van der Waals surface area (Å²) < 4.78 is 96.1. The van der Waals surface area contributed by atoms with Crippen molar-refractivity contribution in [3.05, 3.63) is 230 Å². The van der Waals surface area contributed by atoms with Crippen molar-refractivity contribution in [3.63, 3.8) is 0 Å². The maximum Gasteiger partial charge on any atom is 1.00 e. The number of phosphoric ester groups is 2. The predicted octanol–water partition coefficient (Wildman–Crippen LogP) is 9.20. The Morgan fingerprint density at radius 2 is 0.656 bits per heavy atom. The van der Waals surface area contributed by atoms with Crippen LogP contribution in [0.2, 0.25) is 0 Å². The van der Waals surface area contributed by atoms with E-state index in [4.69, 9.17) is 56.2 Å². The molecule has 8 aromatic carbocycles. The van der Waals surface area contributed by atoms with Gasteiger partial charge >= 0.3 is 66.9 Å². The monoisotopic (exact) mass is 1360 g/mol. The second kappa shape index (κ2) is 35.9. The van der Waals surface area contributed by atoms with Crippen molar-refractivity contribution in [2.75, 3.05) is 64.0 Å². The first-order valence-corrected chi connectivity index (χ1v) is 32.4. The molecule has 0 saturated carbocycles. The van der Waals surface area contributed by atoms with Gasteiger partial charge in [0, 0.05) is 16.7 Å². The smallest absolute Gasteiger partial charge is 0.780 e. The molecular weight excluding hydrogens is 1280 g/mol. The van der Waals surface area contributed by atoms with E-state index in [0.29, 0.717) is 80.8 Å². The zero-order valence-corrected chi connectivity index (χ0v) is 61.2. The predicted molar refractivity (Wildman–Crippen MR) is 363 cm³/mol. The van der Waals surface area contributed by atoms with Gasteiger partial charge in [-0.3, -0.25) is 9.05 Å². The van der Waals surface area contributed by atoms with Crippen LogP contribution in [0, 0.1) is 0 Å². The Kier molecular flexibility index (Phi) is 28.2. The number of aromatic hydroxyl groups is 1. The van der Waals surface area contributed by atoms with Gasteiger partial charge in [0.05, 0.1) is 77.2 Å². The van der Waals surface area contributed by atoms with Crippen LogP contribution in [-0.2, 0) is 50.7 Å². The summed E-state index contributed by atoms with van der Waals surface area (Å²) in [6.45, 7) is 0.150. The molecule has 0 atom stereocenters. The topological polar surface area (TPSA) is 220 Å². The molecule has 3 aliphatic carbocycles. The van der Waals surface area contributed by atoms with Gasteiger partial charge in [0.15, 0.2) is 34.5 Å². The molecule has 488 valence electrons. The van der Waals surface area contributed by atoms with Crippen LogP contribution >= 0.6 is 15.6 Å². The zero-order valence-electron chi connectivity index (χ0n) is 55.4. The average Bonchev–Trinajstić information content (AvgIpc) is 1.59. The first-order valence-electron chi connectivity index (χ1n) is 29.5. The average molecular weight is 1360 g/mol. The molecule has 8 aromatic rings. The number of phenolic OH excluding ortho intramolecular Hbond substituents is 1. The van der Waals surface area contributed by atoms with Crippen molar-refractivity contribution in [1.82, 2.24) is 0 Å². The normalized spacial score (nSPS) is 12.3. The van der Waals surface area contributed by atoms with Gasteiger partial charge in [-0.1, -0.05) is 152 Å². The minimum atomic E-state index is -5.15. The van der Waals surface area contributed by atoms with E-state index >= 15 is 0 Å². The van der Waals surface area contributed by atoms with Crippen LogP contribution in [0.1, 0.15) is 77.9 Å². The largest absolute Gasteiger partial charge is 1.00 e. The minimum absolute atomic E-state index is 0. The van der Waals surface area contributed by atoms with E-state index in [1.165, 1.54) is 27.4 Å². The molecule has 1 N–H and O–H groups in total. The number of fused-ring (bicyclic) bond motifs is 3.